The number of ether oxygens (including phenoxy) is 1. The lowest BCUT2D eigenvalue weighted by atomic mass is 9.98. The molecule has 1 amide bonds. The Kier molecular flexibility index (Phi) is 4.20. The van der Waals surface area contributed by atoms with Crippen LogP contribution in [0.1, 0.15) is 33.3 Å². The first-order chi connectivity index (χ1) is 12.5. The van der Waals surface area contributed by atoms with Crippen molar-refractivity contribution in [2.24, 2.45) is 5.92 Å². The topological polar surface area (TPSA) is 94.5 Å². The lowest BCUT2D eigenvalue weighted by Crippen LogP contribution is -2.40. The summed E-state index contributed by atoms with van der Waals surface area (Å²) in [5.74, 6) is 0.729. The average molecular weight is 355 g/mol. The maximum Gasteiger partial charge on any atom is 0.272 e. The van der Waals surface area contributed by atoms with Crippen LogP contribution in [-0.2, 0) is 11.2 Å². The van der Waals surface area contributed by atoms with Crippen LogP contribution >= 0.6 is 0 Å². The normalized spacial score (nSPS) is 20.0. The summed E-state index contributed by atoms with van der Waals surface area (Å²) in [6.07, 6.45) is 0.677. The van der Waals surface area contributed by atoms with E-state index in [1.807, 2.05) is 32.9 Å². The fraction of sp³-hybridized carbons (Fsp3) is 0.444. The minimum atomic E-state index is -0.221. The monoisotopic (exact) mass is 355 g/mol. The Morgan fingerprint density at radius 3 is 2.85 bits per heavy atom. The molecule has 1 aliphatic rings. The Morgan fingerprint density at radius 1 is 1.23 bits per heavy atom. The third kappa shape index (κ3) is 3.20. The van der Waals surface area contributed by atoms with Crippen LogP contribution in [0.15, 0.2) is 22.7 Å². The maximum atomic E-state index is 12.7. The molecular weight excluding hydrogens is 334 g/mol. The van der Waals surface area contributed by atoms with Gasteiger partial charge in [0.2, 0.25) is 0 Å². The van der Waals surface area contributed by atoms with Gasteiger partial charge in [0.05, 0.1) is 24.9 Å². The van der Waals surface area contributed by atoms with Gasteiger partial charge in [-0.2, -0.15) is 5.10 Å². The zero-order valence-electron chi connectivity index (χ0n) is 15.0. The van der Waals surface area contributed by atoms with Crippen LogP contribution < -0.4 is 5.32 Å². The molecule has 8 heteroatoms. The van der Waals surface area contributed by atoms with Crippen molar-refractivity contribution >= 4 is 11.6 Å². The molecule has 1 aliphatic heterocycles. The predicted octanol–water partition coefficient (Wildman–Crippen LogP) is 1.63. The Hall–Kier alpha value is -2.74. The quantitative estimate of drug-likeness (QED) is 0.764. The van der Waals surface area contributed by atoms with Gasteiger partial charge in [-0.3, -0.25) is 4.79 Å². The molecule has 3 aromatic rings. The number of amides is 1. The average Bonchev–Trinajstić information content (AvgIpc) is 3.29. The van der Waals surface area contributed by atoms with Crippen molar-refractivity contribution in [3.8, 4) is 0 Å². The van der Waals surface area contributed by atoms with Crippen molar-refractivity contribution in [2.45, 2.75) is 33.2 Å². The van der Waals surface area contributed by atoms with Gasteiger partial charge in [0.1, 0.15) is 5.76 Å². The summed E-state index contributed by atoms with van der Waals surface area (Å²) in [6.45, 7) is 6.81. The molecule has 136 valence electrons. The van der Waals surface area contributed by atoms with Gasteiger partial charge in [-0.1, -0.05) is 5.16 Å². The second-order valence-electron chi connectivity index (χ2n) is 6.85. The van der Waals surface area contributed by atoms with Gasteiger partial charge in [-0.25, -0.2) is 9.50 Å². The highest BCUT2D eigenvalue weighted by atomic mass is 16.5. The molecule has 0 spiro atoms. The molecule has 1 saturated heterocycles. The van der Waals surface area contributed by atoms with Crippen LogP contribution in [0.4, 0.5) is 0 Å². The maximum absolute atomic E-state index is 12.7. The SMILES string of the molecule is Cc1cc(C[C@H]2COC[C@H]2NC(=O)c2cc3nc(C)cc(C)n3n2)on1. The van der Waals surface area contributed by atoms with E-state index in [9.17, 15) is 4.79 Å². The lowest BCUT2D eigenvalue weighted by Gasteiger charge is -2.17. The van der Waals surface area contributed by atoms with Gasteiger partial charge in [-0.05, 0) is 26.8 Å². The third-order valence-corrected chi connectivity index (χ3v) is 4.62. The molecular formula is C18H21N5O3. The fourth-order valence-electron chi connectivity index (χ4n) is 3.37. The first kappa shape index (κ1) is 16.7. The summed E-state index contributed by atoms with van der Waals surface area (Å²) in [7, 11) is 0. The number of aryl methyl sites for hydroxylation is 3. The van der Waals surface area contributed by atoms with Crippen LogP contribution in [0.2, 0.25) is 0 Å². The zero-order valence-corrected chi connectivity index (χ0v) is 15.0. The van der Waals surface area contributed by atoms with Crippen molar-refractivity contribution in [3.63, 3.8) is 0 Å². The van der Waals surface area contributed by atoms with Crippen molar-refractivity contribution in [3.05, 3.63) is 46.7 Å². The first-order valence-electron chi connectivity index (χ1n) is 8.64. The Labute approximate surface area is 150 Å². The smallest absolute Gasteiger partial charge is 0.272 e. The van der Waals surface area contributed by atoms with Crippen LogP contribution in [0.3, 0.4) is 0 Å². The number of nitrogens with zero attached hydrogens (tertiary/aromatic N) is 4. The zero-order chi connectivity index (χ0) is 18.3. The largest absolute Gasteiger partial charge is 0.379 e. The second kappa shape index (κ2) is 6.53. The molecule has 0 saturated carbocycles. The number of carbonyl (C=O) groups is 1. The molecule has 4 heterocycles. The number of rotatable bonds is 4. The summed E-state index contributed by atoms with van der Waals surface area (Å²) in [6, 6.07) is 5.46. The standard InChI is InChI=1S/C18H21N5O3/c1-10-4-12(3)23-17(19-10)7-15(21-23)18(24)20-16-9-25-8-13(16)6-14-5-11(2)22-26-14/h4-5,7,13,16H,6,8-9H2,1-3H3,(H,20,24)/t13-,16+/m0/s1. The number of nitrogens with one attached hydrogen (secondary N) is 1. The predicted molar refractivity (Wildman–Crippen MR) is 93.0 cm³/mol. The Bertz CT molecular complexity index is 961. The second-order valence-corrected chi connectivity index (χ2v) is 6.85. The van der Waals surface area contributed by atoms with Gasteiger partial charge in [0.25, 0.3) is 5.91 Å². The highest BCUT2D eigenvalue weighted by molar-refractivity contribution is 5.93. The van der Waals surface area contributed by atoms with Crippen LogP contribution in [0.25, 0.3) is 5.65 Å². The molecule has 3 aromatic heterocycles. The van der Waals surface area contributed by atoms with E-state index >= 15 is 0 Å². The molecule has 0 bridgehead atoms. The third-order valence-electron chi connectivity index (χ3n) is 4.62. The van der Waals surface area contributed by atoms with E-state index in [2.05, 4.69) is 20.6 Å². The Balaban J connectivity index is 1.49. The van der Waals surface area contributed by atoms with Gasteiger partial charge in [0, 0.05) is 35.9 Å². The van der Waals surface area contributed by atoms with E-state index in [4.69, 9.17) is 9.26 Å². The van der Waals surface area contributed by atoms with Crippen LogP contribution in [-0.4, -0.2) is 44.9 Å². The van der Waals surface area contributed by atoms with Gasteiger partial charge < -0.3 is 14.6 Å². The molecule has 0 radical (unpaired) electrons. The minimum absolute atomic E-state index is 0.0893. The van der Waals surface area contributed by atoms with E-state index in [0.29, 0.717) is 31.0 Å². The number of fused-ring (bicyclic) bond motifs is 1. The number of hydrogen-bond donors (Lipinski definition) is 1. The summed E-state index contributed by atoms with van der Waals surface area (Å²) in [5, 5.41) is 11.3. The molecule has 8 nitrogen and oxygen atoms in total. The fourth-order valence-corrected chi connectivity index (χ4v) is 3.37. The van der Waals surface area contributed by atoms with Crippen molar-refractivity contribution in [1.29, 1.82) is 0 Å². The van der Waals surface area contributed by atoms with Gasteiger partial charge >= 0.3 is 0 Å². The Morgan fingerprint density at radius 2 is 2.08 bits per heavy atom. The summed E-state index contributed by atoms with van der Waals surface area (Å²) in [5.41, 5.74) is 3.71. The minimum Gasteiger partial charge on any atom is -0.379 e. The summed E-state index contributed by atoms with van der Waals surface area (Å²) >= 11 is 0. The van der Waals surface area contributed by atoms with Crippen LogP contribution in [0.5, 0.6) is 0 Å². The highest BCUT2D eigenvalue weighted by Gasteiger charge is 2.31. The van der Waals surface area contributed by atoms with Crippen LogP contribution in [0, 0.1) is 26.7 Å². The molecule has 0 unspecified atom stereocenters. The van der Waals surface area contributed by atoms with E-state index < -0.39 is 0 Å². The first-order valence-corrected chi connectivity index (χ1v) is 8.64. The molecule has 4 rings (SSSR count). The summed E-state index contributed by atoms with van der Waals surface area (Å²) in [4.78, 5) is 17.1. The number of carbonyl (C=O) groups excluding carboxylic acids is 1. The van der Waals surface area contributed by atoms with Gasteiger partial charge in [-0.15, -0.1) is 0 Å². The molecule has 0 aromatic carbocycles. The van der Waals surface area contributed by atoms with Crippen molar-refractivity contribution in [2.75, 3.05) is 13.2 Å². The van der Waals surface area contributed by atoms with E-state index in [0.717, 1.165) is 22.8 Å². The molecule has 26 heavy (non-hydrogen) atoms. The van der Waals surface area contributed by atoms with Crippen molar-refractivity contribution in [1.82, 2.24) is 25.1 Å². The summed E-state index contributed by atoms with van der Waals surface area (Å²) < 4.78 is 12.5. The molecule has 0 aliphatic carbocycles. The highest BCUT2D eigenvalue weighted by Crippen LogP contribution is 2.20. The molecule has 1 fully saturated rings. The van der Waals surface area contributed by atoms with E-state index in [1.54, 1.807) is 10.6 Å². The molecule has 1 N–H and O–H groups in total. The van der Waals surface area contributed by atoms with Gasteiger partial charge in [0.15, 0.2) is 11.3 Å². The number of aromatic nitrogens is 4. The number of hydrogen-bond acceptors (Lipinski definition) is 6. The molecule has 2 atom stereocenters. The van der Waals surface area contributed by atoms with E-state index in [1.165, 1.54) is 0 Å². The van der Waals surface area contributed by atoms with E-state index in [-0.39, 0.29) is 17.9 Å². The lowest BCUT2D eigenvalue weighted by molar-refractivity contribution is 0.0919. The van der Waals surface area contributed by atoms with Crippen molar-refractivity contribution < 1.29 is 14.1 Å².